The highest BCUT2D eigenvalue weighted by atomic mass is 19.1. The average Bonchev–Trinajstić information content (AvgIpc) is 2.75. The lowest BCUT2D eigenvalue weighted by atomic mass is 10.0. The van der Waals surface area contributed by atoms with Crippen LogP contribution in [-0.4, -0.2) is 33.4 Å². The van der Waals surface area contributed by atoms with Crippen molar-refractivity contribution in [3.8, 4) is 0 Å². The molecule has 8 nitrogen and oxygen atoms in total. The summed E-state index contributed by atoms with van der Waals surface area (Å²) in [5.41, 5.74) is 3.70. The van der Waals surface area contributed by atoms with E-state index >= 15 is 0 Å². The van der Waals surface area contributed by atoms with Crippen LogP contribution in [0.15, 0.2) is 42.7 Å². The number of nitrogens with one attached hydrogen (secondary N) is 4. The molecule has 3 heterocycles. The number of nitrogens with zero attached hydrogens (tertiary/aromatic N) is 3. The maximum absolute atomic E-state index is 13.2. The van der Waals surface area contributed by atoms with E-state index in [1.165, 1.54) is 29.5 Å². The fourth-order valence-electron chi connectivity index (χ4n) is 3.30. The molecule has 1 aliphatic rings. The third-order valence-electron chi connectivity index (χ3n) is 4.78. The van der Waals surface area contributed by atoms with Crippen LogP contribution < -0.4 is 21.3 Å². The number of aromatic nitrogens is 3. The molecule has 4 N–H and O–H groups in total. The van der Waals surface area contributed by atoms with Crippen molar-refractivity contribution < 1.29 is 9.18 Å². The molecule has 0 spiro atoms. The van der Waals surface area contributed by atoms with Gasteiger partial charge in [0.1, 0.15) is 23.0 Å². The second-order valence-electron chi connectivity index (χ2n) is 7.61. The number of fused-ring (bicyclic) bond motifs is 1. The van der Waals surface area contributed by atoms with Gasteiger partial charge in [0, 0.05) is 24.5 Å². The first-order valence-electron chi connectivity index (χ1n) is 10.1. The van der Waals surface area contributed by atoms with Crippen molar-refractivity contribution in [2.45, 2.75) is 32.9 Å². The number of carbonyl (C=O) groups excluding carboxylic acids is 1. The zero-order chi connectivity index (χ0) is 21.8. The number of pyridine rings is 1. The van der Waals surface area contributed by atoms with Crippen LogP contribution in [0.4, 0.5) is 27.7 Å². The van der Waals surface area contributed by atoms with E-state index in [1.54, 1.807) is 0 Å². The van der Waals surface area contributed by atoms with Crippen LogP contribution in [0.3, 0.4) is 0 Å². The van der Waals surface area contributed by atoms with E-state index in [4.69, 9.17) is 0 Å². The van der Waals surface area contributed by atoms with Gasteiger partial charge in [-0.15, -0.1) is 0 Å². The number of halogens is 1. The largest absolute Gasteiger partial charge is 0.350 e. The number of hydrogen-bond acceptors (Lipinski definition) is 7. The molecular weight excluding hydrogens is 397 g/mol. The van der Waals surface area contributed by atoms with Crippen molar-refractivity contribution in [2.24, 2.45) is 0 Å². The highest BCUT2D eigenvalue weighted by Gasteiger charge is 2.17. The summed E-state index contributed by atoms with van der Waals surface area (Å²) in [5, 5.41) is 12.4. The summed E-state index contributed by atoms with van der Waals surface area (Å²) < 4.78 is 13.2. The summed E-state index contributed by atoms with van der Waals surface area (Å²) >= 11 is 0. The van der Waals surface area contributed by atoms with E-state index in [-0.39, 0.29) is 23.3 Å². The zero-order valence-corrected chi connectivity index (χ0v) is 17.4. The summed E-state index contributed by atoms with van der Waals surface area (Å²) in [7, 11) is 0. The fraction of sp³-hybridized carbons (Fsp3) is 0.273. The normalized spacial score (nSPS) is 12.9. The number of hydrogen-bond donors (Lipinski definition) is 4. The first-order valence-corrected chi connectivity index (χ1v) is 10.1. The summed E-state index contributed by atoms with van der Waals surface area (Å²) in [4.78, 5) is 25.4. The molecule has 1 amide bonds. The molecule has 0 saturated carbocycles. The van der Waals surface area contributed by atoms with Gasteiger partial charge in [0.05, 0.1) is 6.20 Å². The van der Waals surface area contributed by atoms with E-state index in [0.717, 1.165) is 31.4 Å². The Hall–Kier alpha value is -3.59. The standard InChI is InChI=1S/C22H24FN7O/c1-13(2)27-21(31)18-12-26-22(30-20(18)29-19-6-4-16(23)11-25-19)28-17-5-3-15-10-24-8-7-14(15)9-17/h3-6,9,11-13,24H,7-8,10H2,1-2H3,(H,27,31)(H2,25,26,28,29,30). The van der Waals surface area contributed by atoms with Gasteiger partial charge in [-0.3, -0.25) is 4.79 Å². The molecule has 0 atom stereocenters. The van der Waals surface area contributed by atoms with E-state index in [2.05, 4.69) is 48.4 Å². The molecule has 3 aromatic rings. The van der Waals surface area contributed by atoms with E-state index in [1.807, 2.05) is 19.9 Å². The first kappa shape index (κ1) is 20.7. The molecule has 0 fully saturated rings. The second-order valence-corrected chi connectivity index (χ2v) is 7.61. The lowest BCUT2D eigenvalue weighted by Gasteiger charge is -2.18. The Morgan fingerprint density at radius 2 is 1.97 bits per heavy atom. The van der Waals surface area contributed by atoms with Gasteiger partial charge in [-0.1, -0.05) is 6.07 Å². The predicted octanol–water partition coefficient (Wildman–Crippen LogP) is 3.28. The number of carbonyl (C=O) groups is 1. The van der Waals surface area contributed by atoms with Crippen molar-refractivity contribution in [1.29, 1.82) is 0 Å². The number of rotatable bonds is 6. The van der Waals surface area contributed by atoms with Gasteiger partial charge >= 0.3 is 0 Å². The van der Waals surface area contributed by atoms with Crippen LogP contribution in [0.2, 0.25) is 0 Å². The third-order valence-corrected chi connectivity index (χ3v) is 4.78. The SMILES string of the molecule is CC(C)NC(=O)c1cnc(Nc2ccc3c(c2)CCNC3)nc1Nc1ccc(F)cn1. The average molecular weight is 421 g/mol. The molecule has 31 heavy (non-hydrogen) atoms. The molecule has 1 aromatic carbocycles. The Balaban J connectivity index is 1.62. The minimum atomic E-state index is -0.448. The Bertz CT molecular complexity index is 1090. The number of amides is 1. The van der Waals surface area contributed by atoms with E-state index in [9.17, 15) is 9.18 Å². The van der Waals surface area contributed by atoms with Crippen LogP contribution in [0.1, 0.15) is 35.3 Å². The molecular formula is C22H24FN7O. The predicted molar refractivity (Wildman–Crippen MR) is 117 cm³/mol. The molecule has 1 aliphatic heterocycles. The fourth-order valence-corrected chi connectivity index (χ4v) is 3.30. The third kappa shape index (κ3) is 5.13. The van der Waals surface area contributed by atoms with Crippen LogP contribution in [0, 0.1) is 5.82 Å². The Kier molecular flexibility index (Phi) is 6.03. The lowest BCUT2D eigenvalue weighted by molar-refractivity contribution is 0.0943. The van der Waals surface area contributed by atoms with Gasteiger partial charge in [0.15, 0.2) is 0 Å². The lowest BCUT2D eigenvalue weighted by Crippen LogP contribution is -2.31. The molecule has 0 bridgehead atoms. The van der Waals surface area contributed by atoms with Gasteiger partial charge < -0.3 is 21.3 Å². The van der Waals surface area contributed by atoms with Gasteiger partial charge in [0.25, 0.3) is 5.91 Å². The highest BCUT2D eigenvalue weighted by Crippen LogP contribution is 2.23. The summed E-state index contributed by atoms with van der Waals surface area (Å²) in [6, 6.07) is 8.86. The molecule has 0 saturated heterocycles. The van der Waals surface area contributed by atoms with Crippen molar-refractivity contribution in [1.82, 2.24) is 25.6 Å². The maximum Gasteiger partial charge on any atom is 0.256 e. The summed E-state index contributed by atoms with van der Waals surface area (Å²) in [5.74, 6) is 0.214. The monoisotopic (exact) mass is 421 g/mol. The van der Waals surface area contributed by atoms with Gasteiger partial charge in [-0.05, 0) is 62.2 Å². The minimum Gasteiger partial charge on any atom is -0.350 e. The van der Waals surface area contributed by atoms with Crippen LogP contribution in [0.25, 0.3) is 0 Å². The van der Waals surface area contributed by atoms with E-state index in [0.29, 0.717) is 11.8 Å². The maximum atomic E-state index is 13.2. The number of benzene rings is 1. The molecule has 160 valence electrons. The molecule has 2 aromatic heterocycles. The Morgan fingerprint density at radius 1 is 1.10 bits per heavy atom. The first-order chi connectivity index (χ1) is 15.0. The molecule has 0 radical (unpaired) electrons. The van der Waals surface area contributed by atoms with Gasteiger partial charge in [-0.25, -0.2) is 14.4 Å². The Morgan fingerprint density at radius 3 is 2.74 bits per heavy atom. The summed E-state index contributed by atoms with van der Waals surface area (Å²) in [6.45, 7) is 5.56. The zero-order valence-electron chi connectivity index (χ0n) is 17.4. The molecule has 0 aliphatic carbocycles. The van der Waals surface area contributed by atoms with Crippen molar-refractivity contribution in [2.75, 3.05) is 17.2 Å². The van der Waals surface area contributed by atoms with E-state index < -0.39 is 5.82 Å². The molecule has 9 heteroatoms. The van der Waals surface area contributed by atoms with Crippen LogP contribution in [-0.2, 0) is 13.0 Å². The van der Waals surface area contributed by atoms with Gasteiger partial charge in [0.2, 0.25) is 5.95 Å². The minimum absolute atomic E-state index is 0.0490. The van der Waals surface area contributed by atoms with Crippen LogP contribution in [0.5, 0.6) is 0 Å². The topological polar surface area (TPSA) is 104 Å². The molecule has 0 unspecified atom stereocenters. The van der Waals surface area contributed by atoms with Crippen LogP contribution >= 0.6 is 0 Å². The quantitative estimate of drug-likeness (QED) is 0.484. The van der Waals surface area contributed by atoms with Crippen molar-refractivity contribution >= 4 is 29.2 Å². The summed E-state index contributed by atoms with van der Waals surface area (Å²) in [6.07, 6.45) is 3.52. The number of anilines is 4. The highest BCUT2D eigenvalue weighted by molar-refractivity contribution is 5.99. The smallest absolute Gasteiger partial charge is 0.256 e. The van der Waals surface area contributed by atoms with Gasteiger partial charge in [-0.2, -0.15) is 4.98 Å². The molecule has 4 rings (SSSR count). The van der Waals surface area contributed by atoms with Crippen molar-refractivity contribution in [3.63, 3.8) is 0 Å². The Labute approximate surface area is 179 Å². The van der Waals surface area contributed by atoms with Crippen molar-refractivity contribution in [3.05, 3.63) is 65.2 Å². The second kappa shape index (κ2) is 9.05.